The quantitative estimate of drug-likeness (QED) is 0.489. The van der Waals surface area contributed by atoms with Gasteiger partial charge in [0.25, 0.3) is 0 Å². The van der Waals surface area contributed by atoms with Crippen LogP contribution < -0.4 is 26.4 Å². The highest BCUT2D eigenvalue weighted by Gasteiger charge is 2.34. The zero-order valence-corrected chi connectivity index (χ0v) is 17.8. The lowest BCUT2D eigenvalue weighted by Gasteiger charge is -2.24. The number of nitrogens with zero attached hydrogens (tertiary/aromatic N) is 5. The molecule has 2 aliphatic heterocycles. The molecule has 0 unspecified atom stereocenters. The summed E-state index contributed by atoms with van der Waals surface area (Å²) < 4.78 is 35.4. The number of halogens is 2. The van der Waals surface area contributed by atoms with Crippen LogP contribution >= 0.6 is 0 Å². The average molecular weight is 461 g/mol. The Bertz CT molecular complexity index is 988. The molecular weight excluding hydrogens is 436 g/mol. The summed E-state index contributed by atoms with van der Waals surface area (Å²) in [5, 5.41) is 2.87. The van der Waals surface area contributed by atoms with E-state index in [0.717, 1.165) is 12.1 Å². The molecule has 12 heteroatoms. The highest BCUT2D eigenvalue weighted by molar-refractivity contribution is 5.90. The van der Waals surface area contributed by atoms with E-state index in [9.17, 15) is 4.79 Å². The fourth-order valence-electron chi connectivity index (χ4n) is 3.80. The first kappa shape index (κ1) is 22.6. The van der Waals surface area contributed by atoms with Crippen LogP contribution in [0.3, 0.4) is 0 Å². The van der Waals surface area contributed by atoms with E-state index >= 15 is 8.78 Å². The summed E-state index contributed by atoms with van der Waals surface area (Å²) in [7, 11) is 0. The molecule has 0 spiro atoms. The van der Waals surface area contributed by atoms with E-state index in [1.165, 1.54) is 22.3 Å². The molecule has 2 fully saturated rings. The third kappa shape index (κ3) is 5.07. The third-order valence-electron chi connectivity index (χ3n) is 5.28. The Morgan fingerprint density at radius 3 is 2.70 bits per heavy atom. The number of anilines is 3. The molecule has 0 bridgehead atoms. The SMILES string of the molecule is N/C=C\N(N)C[C@H]1CN(c2cc(F)c(N3CCON(c4ccccn4)CC3)c(F)c2)C(=O)O1. The van der Waals surface area contributed by atoms with Gasteiger partial charge < -0.3 is 20.4 Å². The molecule has 2 aromatic rings. The topological polar surface area (TPSA) is 113 Å². The van der Waals surface area contributed by atoms with Crippen LogP contribution in [0.4, 0.5) is 30.8 Å². The van der Waals surface area contributed by atoms with Crippen molar-refractivity contribution in [1.29, 1.82) is 0 Å². The number of benzene rings is 1. The van der Waals surface area contributed by atoms with Gasteiger partial charge in [-0.3, -0.25) is 9.74 Å². The van der Waals surface area contributed by atoms with Crippen LogP contribution in [0.2, 0.25) is 0 Å². The second-order valence-corrected chi connectivity index (χ2v) is 7.52. The van der Waals surface area contributed by atoms with Crippen LogP contribution in [0.15, 0.2) is 48.9 Å². The maximum atomic E-state index is 15.1. The minimum atomic E-state index is -0.779. The Balaban J connectivity index is 1.47. The fourth-order valence-corrected chi connectivity index (χ4v) is 3.80. The number of rotatable bonds is 6. The van der Waals surface area contributed by atoms with Crippen molar-refractivity contribution in [2.45, 2.75) is 6.10 Å². The smallest absolute Gasteiger partial charge is 0.414 e. The first-order valence-corrected chi connectivity index (χ1v) is 10.4. The number of nitrogens with two attached hydrogens (primary N) is 2. The predicted octanol–water partition coefficient (Wildman–Crippen LogP) is 1.55. The molecule has 2 saturated heterocycles. The molecule has 176 valence electrons. The monoisotopic (exact) mass is 461 g/mol. The van der Waals surface area contributed by atoms with Gasteiger partial charge in [-0.2, -0.15) is 0 Å². The molecule has 3 heterocycles. The predicted molar refractivity (Wildman–Crippen MR) is 118 cm³/mol. The molecule has 0 aliphatic carbocycles. The highest BCUT2D eigenvalue weighted by atomic mass is 19.1. The second-order valence-electron chi connectivity index (χ2n) is 7.52. The van der Waals surface area contributed by atoms with E-state index in [0.29, 0.717) is 18.9 Å². The molecule has 33 heavy (non-hydrogen) atoms. The fraction of sp³-hybridized carbons (Fsp3) is 0.333. The maximum Gasteiger partial charge on any atom is 0.414 e. The van der Waals surface area contributed by atoms with Gasteiger partial charge in [0.05, 0.1) is 31.9 Å². The van der Waals surface area contributed by atoms with Crippen molar-refractivity contribution in [2.75, 3.05) is 54.2 Å². The molecule has 10 nitrogen and oxygen atoms in total. The Hall–Kier alpha value is -3.64. The van der Waals surface area contributed by atoms with Crippen molar-refractivity contribution < 1.29 is 23.1 Å². The lowest BCUT2D eigenvalue weighted by Crippen LogP contribution is -2.36. The summed E-state index contributed by atoms with van der Waals surface area (Å²) >= 11 is 0. The molecule has 1 atom stereocenters. The van der Waals surface area contributed by atoms with Gasteiger partial charge in [-0.05, 0) is 12.1 Å². The Morgan fingerprint density at radius 2 is 2.00 bits per heavy atom. The Kier molecular flexibility index (Phi) is 6.75. The highest BCUT2D eigenvalue weighted by Crippen LogP contribution is 2.31. The second kappa shape index (κ2) is 9.88. The van der Waals surface area contributed by atoms with Crippen LogP contribution in [0.25, 0.3) is 0 Å². The lowest BCUT2D eigenvalue weighted by atomic mass is 10.2. The minimum absolute atomic E-state index is 0.0698. The number of amides is 1. The van der Waals surface area contributed by atoms with Crippen LogP contribution in [0.5, 0.6) is 0 Å². The molecule has 1 aromatic carbocycles. The van der Waals surface area contributed by atoms with E-state index in [-0.39, 0.29) is 37.6 Å². The van der Waals surface area contributed by atoms with Gasteiger partial charge in [-0.25, -0.2) is 29.5 Å². The van der Waals surface area contributed by atoms with Crippen LogP contribution in [-0.2, 0) is 9.57 Å². The van der Waals surface area contributed by atoms with E-state index in [2.05, 4.69) is 4.98 Å². The molecule has 0 radical (unpaired) electrons. The summed E-state index contributed by atoms with van der Waals surface area (Å²) in [6, 6.07) is 7.68. The first-order chi connectivity index (χ1) is 16.0. The summed E-state index contributed by atoms with van der Waals surface area (Å²) in [4.78, 5) is 24.9. The maximum absolute atomic E-state index is 15.1. The number of carbonyl (C=O) groups excluding carboxylic acids is 1. The van der Waals surface area contributed by atoms with Gasteiger partial charge in [0.1, 0.15) is 11.8 Å². The van der Waals surface area contributed by atoms with Gasteiger partial charge in [-0.15, -0.1) is 0 Å². The Labute approximate surface area is 189 Å². The van der Waals surface area contributed by atoms with E-state index < -0.39 is 23.8 Å². The van der Waals surface area contributed by atoms with Gasteiger partial charge in [0.2, 0.25) is 0 Å². The molecule has 4 N–H and O–H groups in total. The minimum Gasteiger partial charge on any atom is -0.442 e. The van der Waals surface area contributed by atoms with Crippen molar-refractivity contribution in [3.05, 3.63) is 60.6 Å². The van der Waals surface area contributed by atoms with Crippen molar-refractivity contribution in [1.82, 2.24) is 9.99 Å². The lowest BCUT2D eigenvalue weighted by molar-refractivity contribution is 0.122. The van der Waals surface area contributed by atoms with Gasteiger partial charge >= 0.3 is 6.09 Å². The number of ether oxygens (including phenoxy) is 1. The first-order valence-electron chi connectivity index (χ1n) is 10.4. The van der Waals surface area contributed by atoms with Crippen molar-refractivity contribution in [3.63, 3.8) is 0 Å². The van der Waals surface area contributed by atoms with Crippen molar-refractivity contribution >= 4 is 23.3 Å². The molecule has 1 amide bonds. The zero-order valence-electron chi connectivity index (χ0n) is 17.8. The van der Waals surface area contributed by atoms with Gasteiger partial charge in [0, 0.05) is 43.8 Å². The number of aromatic nitrogens is 1. The standard InChI is InChI=1S/C21H25F2N7O3/c22-17-11-15(29-14-16(33-21(29)31)13-28(25)6-4-24)12-18(23)20(17)27-7-8-30(32-10-9-27)19-3-1-2-5-26-19/h1-6,11-12,16H,7-10,13-14,24-25H2/b6-4-/t16-/m0/s1. The van der Waals surface area contributed by atoms with E-state index in [1.807, 2.05) is 6.07 Å². The number of hydrazine groups is 1. The van der Waals surface area contributed by atoms with Crippen LogP contribution in [0.1, 0.15) is 0 Å². The number of hydrogen-bond donors (Lipinski definition) is 2. The van der Waals surface area contributed by atoms with Gasteiger partial charge in [-0.1, -0.05) is 6.07 Å². The Morgan fingerprint density at radius 1 is 1.21 bits per heavy atom. The number of pyridine rings is 1. The molecule has 0 saturated carbocycles. The van der Waals surface area contributed by atoms with Gasteiger partial charge in [0.15, 0.2) is 17.5 Å². The van der Waals surface area contributed by atoms with E-state index in [4.69, 9.17) is 21.2 Å². The zero-order chi connectivity index (χ0) is 23.4. The normalized spacial score (nSPS) is 19.2. The largest absolute Gasteiger partial charge is 0.442 e. The summed E-state index contributed by atoms with van der Waals surface area (Å²) in [5.74, 6) is 4.78. The molecule has 2 aliphatic rings. The third-order valence-corrected chi connectivity index (χ3v) is 5.28. The molecular formula is C21H25F2N7O3. The molecule has 1 aromatic heterocycles. The van der Waals surface area contributed by atoms with Crippen molar-refractivity contribution in [2.24, 2.45) is 11.6 Å². The average Bonchev–Trinajstić information content (AvgIpc) is 2.99. The van der Waals surface area contributed by atoms with Crippen molar-refractivity contribution in [3.8, 4) is 0 Å². The number of hydrogen-bond acceptors (Lipinski definition) is 9. The summed E-state index contributed by atoms with van der Waals surface area (Å²) in [6.45, 7) is 1.47. The number of cyclic esters (lactones) is 1. The van der Waals surface area contributed by atoms with E-state index in [1.54, 1.807) is 28.3 Å². The summed E-state index contributed by atoms with van der Waals surface area (Å²) in [5.41, 5.74) is 5.18. The molecule has 4 rings (SSSR count). The number of carbonyl (C=O) groups is 1. The number of hydroxylamine groups is 1. The van der Waals surface area contributed by atoms with Crippen LogP contribution in [-0.4, -0.2) is 61.5 Å². The van der Waals surface area contributed by atoms with Crippen LogP contribution in [0, 0.1) is 11.6 Å². The summed E-state index contributed by atoms with van der Waals surface area (Å²) in [6.07, 6.45) is 3.04.